The molecule has 5 heterocycles. The van der Waals surface area contributed by atoms with Crippen LogP contribution in [0.15, 0.2) is 95.7 Å². The highest BCUT2D eigenvalue weighted by atomic mass is 35.5. The summed E-state index contributed by atoms with van der Waals surface area (Å²) in [6.45, 7) is 12.4. The number of nitrogens with zero attached hydrogens (tertiary/aromatic N) is 8. The Bertz CT molecular complexity index is 2940. The summed E-state index contributed by atoms with van der Waals surface area (Å²) in [7, 11) is -4.55. The van der Waals surface area contributed by atoms with Crippen LogP contribution < -0.4 is 9.62 Å². The topological polar surface area (TPSA) is 166 Å². The number of halogens is 1. The Morgan fingerprint density at radius 2 is 1.66 bits per heavy atom. The number of anilines is 1. The lowest BCUT2D eigenvalue weighted by atomic mass is 9.72. The molecule has 0 spiro atoms. The number of rotatable bonds is 12. The molecule has 4 aliphatic rings. The third-order valence-electron chi connectivity index (χ3n) is 13.7. The van der Waals surface area contributed by atoms with Crippen molar-refractivity contribution < 1.29 is 18.1 Å². The number of H-pyrrole nitrogens is 1. The van der Waals surface area contributed by atoms with Gasteiger partial charge in [-0.15, -0.1) is 0 Å². The highest BCUT2D eigenvalue weighted by molar-refractivity contribution is 7.90. The third kappa shape index (κ3) is 9.14. The van der Waals surface area contributed by atoms with Crippen LogP contribution in [-0.4, -0.2) is 119 Å². The lowest BCUT2D eigenvalue weighted by molar-refractivity contribution is -0.386. The van der Waals surface area contributed by atoms with E-state index in [-0.39, 0.29) is 21.6 Å². The molecule has 2 aliphatic carbocycles. The lowest BCUT2D eigenvalue weighted by Gasteiger charge is -2.39. The van der Waals surface area contributed by atoms with Crippen molar-refractivity contribution in [2.75, 3.05) is 63.8 Å². The number of amides is 1. The Kier molecular flexibility index (Phi) is 11.5. The molecule has 10 rings (SSSR count). The number of fused-ring (bicyclic) bond motifs is 2. The zero-order chi connectivity index (χ0) is 45.0. The molecule has 1 saturated carbocycles. The van der Waals surface area contributed by atoms with Gasteiger partial charge in [-0.2, -0.15) is 5.10 Å². The minimum Gasteiger partial charge on any atom is -0.369 e. The first-order chi connectivity index (χ1) is 31.3. The fourth-order valence-corrected chi connectivity index (χ4v) is 10.9. The van der Waals surface area contributed by atoms with E-state index < -0.39 is 20.9 Å². The molecule has 2 saturated heterocycles. The zero-order valence-electron chi connectivity index (χ0n) is 36.7. The predicted molar refractivity (Wildman–Crippen MR) is 253 cm³/mol. The highest BCUT2D eigenvalue weighted by Gasteiger charge is 2.33. The van der Waals surface area contributed by atoms with E-state index in [9.17, 15) is 23.3 Å². The van der Waals surface area contributed by atoms with Gasteiger partial charge in [-0.1, -0.05) is 43.2 Å². The highest BCUT2D eigenvalue weighted by Crippen LogP contribution is 2.43. The van der Waals surface area contributed by atoms with Crippen molar-refractivity contribution >= 4 is 66.5 Å². The van der Waals surface area contributed by atoms with Gasteiger partial charge in [-0.3, -0.25) is 29.6 Å². The van der Waals surface area contributed by atoms with Crippen LogP contribution in [0.5, 0.6) is 0 Å². The number of nitro benzene ring substituents is 1. The number of sulfonamides is 1. The monoisotopic (exact) mass is 916 g/mol. The van der Waals surface area contributed by atoms with Crippen molar-refractivity contribution in [3.63, 3.8) is 0 Å². The number of piperazine rings is 2. The fraction of sp³-hybridized carbons (Fsp3) is 0.396. The van der Waals surface area contributed by atoms with Crippen molar-refractivity contribution in [2.45, 2.75) is 63.4 Å². The third-order valence-corrected chi connectivity index (χ3v) is 15.3. The van der Waals surface area contributed by atoms with Crippen LogP contribution >= 0.6 is 11.6 Å². The molecule has 0 radical (unpaired) electrons. The molecule has 3 aromatic heterocycles. The zero-order valence-corrected chi connectivity index (χ0v) is 38.2. The van der Waals surface area contributed by atoms with Crippen molar-refractivity contribution in [3.8, 4) is 5.69 Å². The molecular weight excluding hydrogens is 864 g/mol. The van der Waals surface area contributed by atoms with Gasteiger partial charge in [-0.05, 0) is 103 Å². The second kappa shape index (κ2) is 17.3. The molecular formula is C48H53ClN10O5S. The minimum atomic E-state index is -4.55. The first-order valence-electron chi connectivity index (χ1n) is 22.5. The molecule has 0 unspecified atom stereocenters. The summed E-state index contributed by atoms with van der Waals surface area (Å²) in [6.07, 6.45) is 9.08. The van der Waals surface area contributed by atoms with Gasteiger partial charge in [0.05, 0.1) is 32.8 Å². The number of aromatic amines is 1. The van der Waals surface area contributed by atoms with Gasteiger partial charge in [0.15, 0.2) is 0 Å². The summed E-state index contributed by atoms with van der Waals surface area (Å²) in [5.41, 5.74) is 7.69. The van der Waals surface area contributed by atoms with Gasteiger partial charge in [0.1, 0.15) is 11.2 Å². The summed E-state index contributed by atoms with van der Waals surface area (Å²) in [5, 5.41) is 18.6. The van der Waals surface area contributed by atoms with Crippen LogP contribution in [0.4, 0.5) is 11.4 Å². The van der Waals surface area contributed by atoms with Crippen LogP contribution in [0, 0.1) is 15.5 Å². The molecule has 1 amide bonds. The summed E-state index contributed by atoms with van der Waals surface area (Å²) >= 11 is 6.26. The van der Waals surface area contributed by atoms with E-state index in [0.717, 1.165) is 100 Å². The van der Waals surface area contributed by atoms with Gasteiger partial charge in [0, 0.05) is 105 Å². The maximum atomic E-state index is 14.3. The summed E-state index contributed by atoms with van der Waals surface area (Å²) in [5.74, 6) is -0.892. The minimum absolute atomic E-state index is 0.0634. The molecule has 0 bridgehead atoms. The number of hydrogen-bond acceptors (Lipinski definition) is 11. The van der Waals surface area contributed by atoms with Crippen molar-refractivity contribution in [1.82, 2.24) is 39.2 Å². The number of aromatic nitrogens is 4. The molecule has 2 N–H and O–H groups in total. The van der Waals surface area contributed by atoms with E-state index >= 15 is 0 Å². The molecule has 6 aromatic rings. The number of hydrogen-bond donors (Lipinski definition) is 2. The second-order valence-electron chi connectivity index (χ2n) is 18.8. The SMILES string of the molecule is CC1(C)CCC(CN2CCN(c3ccc(C(=O)NS(=O)(=O)c4ccc(CN5CCN(C6CC6)CC5)c([N+](=O)[O-])c4)c(-n4ncc5nc6[nH]ccc6cc54)c3)CC2)=C(c2ccc(Cl)cc2)C1. The van der Waals surface area contributed by atoms with E-state index in [4.69, 9.17) is 16.6 Å². The second-order valence-corrected chi connectivity index (χ2v) is 20.9. The quantitative estimate of drug-likeness (QED) is 0.0915. The molecule has 2 aliphatic heterocycles. The van der Waals surface area contributed by atoms with Gasteiger partial charge >= 0.3 is 0 Å². The number of allylic oxidation sites excluding steroid dienone is 1. The van der Waals surface area contributed by atoms with Gasteiger partial charge in [0.2, 0.25) is 0 Å². The van der Waals surface area contributed by atoms with Crippen LogP contribution in [0.25, 0.3) is 33.3 Å². The summed E-state index contributed by atoms with van der Waals surface area (Å²) in [6, 6.07) is 21.9. The average Bonchev–Trinajstić information content (AvgIpc) is 3.91. The van der Waals surface area contributed by atoms with Crippen molar-refractivity contribution in [2.24, 2.45) is 5.41 Å². The molecule has 3 fully saturated rings. The number of carbonyl (C=O) groups excluding carboxylic acids is 1. The Labute approximate surface area is 383 Å². The predicted octanol–water partition coefficient (Wildman–Crippen LogP) is 7.65. The number of pyridine rings is 1. The van der Waals surface area contributed by atoms with Crippen molar-refractivity contribution in [3.05, 3.63) is 123 Å². The Morgan fingerprint density at radius 1 is 0.923 bits per heavy atom. The van der Waals surface area contributed by atoms with E-state index in [1.54, 1.807) is 23.1 Å². The van der Waals surface area contributed by atoms with Gasteiger partial charge < -0.3 is 9.88 Å². The standard InChI is InChI=1S/C48H53ClN10O5S/c1-48(2)15-13-34(41(28-48)32-3-6-36(49)7-4-32)30-54-19-23-57(24-20-54)38-10-12-40(44(26-38)58-45-25-33-14-16-50-46(33)52-42(45)29-51-58)47(60)53-65(63,64)39-11-5-35(43(27-39)59(61)62)31-55-17-21-56(22-18-55)37-8-9-37/h3-7,10-12,14,16,25-27,29,37H,8-9,13,15,17-24,28,30-31H2,1-2H3,(H,50,52)(H,53,60). The van der Waals surface area contributed by atoms with Crippen molar-refractivity contribution in [1.29, 1.82) is 0 Å². The normalized spacial score (nSPS) is 19.0. The smallest absolute Gasteiger partial charge is 0.275 e. The molecule has 65 heavy (non-hydrogen) atoms. The maximum Gasteiger partial charge on any atom is 0.275 e. The lowest BCUT2D eigenvalue weighted by Crippen LogP contribution is -2.47. The average molecular weight is 918 g/mol. The van der Waals surface area contributed by atoms with Gasteiger partial charge in [0.25, 0.3) is 21.6 Å². The first-order valence-corrected chi connectivity index (χ1v) is 24.3. The first kappa shape index (κ1) is 43.3. The van der Waals surface area contributed by atoms with E-state index in [1.807, 2.05) is 36.4 Å². The summed E-state index contributed by atoms with van der Waals surface area (Å²) in [4.78, 5) is 42.9. The number of nitro groups is 1. The Morgan fingerprint density at radius 3 is 2.40 bits per heavy atom. The Balaban J connectivity index is 0.902. The largest absolute Gasteiger partial charge is 0.369 e. The fourth-order valence-electron chi connectivity index (χ4n) is 9.82. The molecule has 338 valence electrons. The number of nitrogens with one attached hydrogen (secondary N) is 2. The van der Waals surface area contributed by atoms with Crippen LogP contribution in [0.3, 0.4) is 0 Å². The van der Waals surface area contributed by atoms with Gasteiger partial charge in [-0.25, -0.2) is 22.8 Å². The van der Waals surface area contributed by atoms with Crippen LogP contribution in [-0.2, 0) is 16.6 Å². The van der Waals surface area contributed by atoms with E-state index in [2.05, 4.69) is 60.4 Å². The van der Waals surface area contributed by atoms with E-state index in [1.165, 1.54) is 41.7 Å². The Hall–Kier alpha value is -5.65. The molecule has 0 atom stereocenters. The van der Waals surface area contributed by atoms with Crippen LogP contribution in [0.1, 0.15) is 67.4 Å². The van der Waals surface area contributed by atoms with E-state index in [0.29, 0.717) is 40.5 Å². The molecule has 3 aromatic carbocycles. The number of carbonyl (C=O) groups is 1. The summed E-state index contributed by atoms with van der Waals surface area (Å²) < 4.78 is 31.7. The van der Waals surface area contributed by atoms with Crippen LogP contribution in [0.2, 0.25) is 5.02 Å². The maximum absolute atomic E-state index is 14.3. The molecule has 15 nitrogen and oxygen atoms in total. The number of benzene rings is 3. The molecule has 17 heteroatoms.